The lowest BCUT2D eigenvalue weighted by Crippen LogP contribution is -2.37. The first-order valence-electron chi connectivity index (χ1n) is 10.9. The van der Waals surface area contributed by atoms with Crippen LogP contribution in [0.25, 0.3) is 27.9 Å². The van der Waals surface area contributed by atoms with Crippen LogP contribution in [0.5, 0.6) is 0 Å². The first-order chi connectivity index (χ1) is 15.3. The highest BCUT2D eigenvalue weighted by Gasteiger charge is 2.31. The predicted octanol–water partition coefficient (Wildman–Crippen LogP) is 4.58. The van der Waals surface area contributed by atoms with Crippen LogP contribution in [-0.4, -0.2) is 42.4 Å². The zero-order valence-corrected chi connectivity index (χ0v) is 18.1. The Morgan fingerprint density at radius 1 is 1.16 bits per heavy atom. The van der Waals surface area contributed by atoms with Crippen LogP contribution in [0.2, 0.25) is 0 Å². The van der Waals surface area contributed by atoms with Crippen molar-refractivity contribution in [1.29, 1.82) is 0 Å². The van der Waals surface area contributed by atoms with E-state index in [1.807, 2.05) is 44.2 Å². The molecule has 1 aliphatic rings. The lowest BCUT2D eigenvalue weighted by molar-refractivity contribution is -0.000412. The fourth-order valence-electron chi connectivity index (χ4n) is 4.60. The molecule has 1 fully saturated rings. The van der Waals surface area contributed by atoms with Crippen molar-refractivity contribution in [3.05, 3.63) is 48.4 Å². The van der Waals surface area contributed by atoms with E-state index in [9.17, 15) is 9.90 Å². The van der Waals surface area contributed by atoms with Crippen LogP contribution in [0, 0.1) is 5.92 Å². The molecule has 0 radical (unpaired) electrons. The number of aliphatic hydroxyl groups is 1. The molecule has 32 heavy (non-hydrogen) atoms. The second-order valence-corrected chi connectivity index (χ2v) is 9.15. The number of nitrogens with one attached hydrogen (secondary N) is 1. The number of hydrogen-bond donors (Lipinski definition) is 3. The molecule has 1 aliphatic carbocycles. The third-order valence-corrected chi connectivity index (χ3v) is 6.47. The summed E-state index contributed by atoms with van der Waals surface area (Å²) in [4.78, 5) is 15.6. The molecule has 3 aromatic heterocycles. The van der Waals surface area contributed by atoms with E-state index in [1.54, 1.807) is 10.7 Å². The number of anilines is 1. The Labute approximate surface area is 184 Å². The maximum absolute atomic E-state index is 11.2. The molecule has 0 atom stereocenters. The SMILES string of the molecule is CC(C)(O)C1CCC(Nc2ccc3ncc(-c4ccc5cc(C(=O)O)oc5c4)n3n2)CC1. The molecule has 0 aliphatic heterocycles. The van der Waals surface area contributed by atoms with Crippen LogP contribution in [-0.2, 0) is 0 Å². The fourth-order valence-corrected chi connectivity index (χ4v) is 4.60. The molecular formula is C24H26N4O4. The van der Waals surface area contributed by atoms with Crippen LogP contribution < -0.4 is 5.32 Å². The Morgan fingerprint density at radius 2 is 1.94 bits per heavy atom. The quantitative estimate of drug-likeness (QED) is 0.421. The number of nitrogens with zero attached hydrogens (tertiary/aromatic N) is 3. The van der Waals surface area contributed by atoms with Gasteiger partial charge >= 0.3 is 5.97 Å². The molecule has 0 bridgehead atoms. The van der Waals surface area contributed by atoms with Crippen molar-refractivity contribution in [2.24, 2.45) is 5.92 Å². The number of hydrogen-bond acceptors (Lipinski definition) is 6. The first-order valence-corrected chi connectivity index (χ1v) is 10.9. The zero-order chi connectivity index (χ0) is 22.5. The minimum atomic E-state index is -1.09. The zero-order valence-electron chi connectivity index (χ0n) is 18.1. The molecule has 166 valence electrons. The lowest BCUT2D eigenvalue weighted by Gasteiger charge is -2.36. The summed E-state index contributed by atoms with van der Waals surface area (Å²) in [5, 5.41) is 28.5. The average Bonchev–Trinajstić information content (AvgIpc) is 3.37. The molecule has 0 saturated heterocycles. The number of rotatable bonds is 5. The molecule has 1 aromatic carbocycles. The molecule has 5 rings (SSSR count). The molecule has 4 aromatic rings. The summed E-state index contributed by atoms with van der Waals surface area (Å²) in [6, 6.07) is 11.3. The normalized spacial score (nSPS) is 19.5. The Bertz CT molecular complexity index is 1290. The van der Waals surface area contributed by atoms with Crippen LogP contribution >= 0.6 is 0 Å². The standard InChI is InChI=1S/C24H26N4O4/c1-24(2,31)16-5-7-17(8-6-16)26-21-9-10-22-25-13-18(28(22)27-21)14-3-4-15-12-20(23(29)30)32-19(15)11-14/h3-4,9-13,16-17,31H,5-8H2,1-2H3,(H,26,27)(H,29,30). The van der Waals surface area contributed by atoms with Crippen molar-refractivity contribution in [2.75, 3.05) is 5.32 Å². The van der Waals surface area contributed by atoms with Gasteiger partial charge in [0.25, 0.3) is 0 Å². The fraction of sp³-hybridized carbons (Fsp3) is 0.375. The Morgan fingerprint density at radius 3 is 2.66 bits per heavy atom. The van der Waals surface area contributed by atoms with Gasteiger partial charge in [-0.3, -0.25) is 0 Å². The minimum Gasteiger partial charge on any atom is -0.475 e. The highest BCUT2D eigenvalue weighted by molar-refractivity contribution is 5.92. The van der Waals surface area contributed by atoms with Gasteiger partial charge in [0.1, 0.15) is 11.4 Å². The molecule has 3 heterocycles. The molecule has 0 spiro atoms. The molecule has 0 unspecified atom stereocenters. The van der Waals surface area contributed by atoms with Gasteiger partial charge in [0.2, 0.25) is 5.76 Å². The van der Waals surface area contributed by atoms with E-state index in [0.29, 0.717) is 17.5 Å². The summed E-state index contributed by atoms with van der Waals surface area (Å²) < 4.78 is 7.24. The summed E-state index contributed by atoms with van der Waals surface area (Å²) in [7, 11) is 0. The number of imidazole rings is 1. The summed E-state index contributed by atoms with van der Waals surface area (Å²) in [6.45, 7) is 3.79. The van der Waals surface area contributed by atoms with Crippen LogP contribution in [0.3, 0.4) is 0 Å². The van der Waals surface area contributed by atoms with Gasteiger partial charge in [0, 0.05) is 17.0 Å². The van der Waals surface area contributed by atoms with Crippen LogP contribution in [0.4, 0.5) is 5.82 Å². The number of carboxylic acids is 1. The van der Waals surface area contributed by atoms with E-state index in [2.05, 4.69) is 10.3 Å². The van der Waals surface area contributed by atoms with Gasteiger partial charge in [0.05, 0.1) is 17.5 Å². The predicted molar refractivity (Wildman–Crippen MR) is 121 cm³/mol. The smallest absolute Gasteiger partial charge is 0.371 e. The van der Waals surface area contributed by atoms with Gasteiger partial charge in [-0.1, -0.05) is 12.1 Å². The topological polar surface area (TPSA) is 113 Å². The molecule has 1 saturated carbocycles. The van der Waals surface area contributed by atoms with E-state index in [0.717, 1.165) is 53.8 Å². The second-order valence-electron chi connectivity index (χ2n) is 9.15. The number of fused-ring (bicyclic) bond motifs is 2. The number of carbonyl (C=O) groups is 1. The van der Waals surface area contributed by atoms with Crippen molar-refractivity contribution < 1.29 is 19.4 Å². The second kappa shape index (κ2) is 7.63. The highest BCUT2D eigenvalue weighted by Crippen LogP contribution is 2.33. The number of benzene rings is 1. The van der Waals surface area contributed by atoms with E-state index >= 15 is 0 Å². The van der Waals surface area contributed by atoms with Crippen molar-refractivity contribution >= 4 is 28.4 Å². The number of carboxylic acid groups (broad SMARTS) is 1. The van der Waals surface area contributed by atoms with Crippen LogP contribution in [0.15, 0.2) is 47.0 Å². The van der Waals surface area contributed by atoms with Gasteiger partial charge in [-0.15, -0.1) is 5.10 Å². The van der Waals surface area contributed by atoms with Gasteiger partial charge in [-0.2, -0.15) is 0 Å². The van der Waals surface area contributed by atoms with Crippen molar-refractivity contribution in [3.63, 3.8) is 0 Å². The number of aromatic nitrogens is 3. The maximum Gasteiger partial charge on any atom is 0.371 e. The summed E-state index contributed by atoms with van der Waals surface area (Å²) >= 11 is 0. The largest absolute Gasteiger partial charge is 0.475 e. The Hall–Kier alpha value is -3.39. The summed E-state index contributed by atoms with van der Waals surface area (Å²) in [6.07, 6.45) is 5.71. The third-order valence-electron chi connectivity index (χ3n) is 6.47. The highest BCUT2D eigenvalue weighted by atomic mass is 16.4. The van der Waals surface area contributed by atoms with Crippen molar-refractivity contribution in [2.45, 2.75) is 51.2 Å². The summed E-state index contributed by atoms with van der Waals surface area (Å²) in [5.41, 5.74) is 2.24. The minimum absolute atomic E-state index is 0.0841. The van der Waals surface area contributed by atoms with E-state index in [-0.39, 0.29) is 5.76 Å². The molecular weight excluding hydrogens is 408 g/mol. The Balaban J connectivity index is 1.40. The Kier molecular flexibility index (Phi) is 4.89. The van der Waals surface area contributed by atoms with Gasteiger partial charge in [-0.25, -0.2) is 14.3 Å². The van der Waals surface area contributed by atoms with E-state index < -0.39 is 11.6 Å². The maximum atomic E-state index is 11.2. The third kappa shape index (κ3) is 3.82. The van der Waals surface area contributed by atoms with Crippen molar-refractivity contribution in [3.8, 4) is 11.3 Å². The van der Waals surface area contributed by atoms with Gasteiger partial charge in [-0.05, 0) is 69.7 Å². The molecule has 8 nitrogen and oxygen atoms in total. The molecule has 0 amide bonds. The van der Waals surface area contributed by atoms with E-state index in [4.69, 9.17) is 14.6 Å². The van der Waals surface area contributed by atoms with Crippen LogP contribution in [0.1, 0.15) is 50.1 Å². The van der Waals surface area contributed by atoms with Gasteiger partial charge < -0.3 is 19.9 Å². The number of aromatic carboxylic acids is 1. The summed E-state index contributed by atoms with van der Waals surface area (Å²) in [5.74, 6) is -0.0733. The monoisotopic (exact) mass is 434 g/mol. The molecule has 3 N–H and O–H groups in total. The first kappa shape index (κ1) is 20.5. The lowest BCUT2D eigenvalue weighted by atomic mass is 9.77. The van der Waals surface area contributed by atoms with Crippen molar-refractivity contribution in [1.82, 2.24) is 14.6 Å². The average molecular weight is 434 g/mol. The molecule has 8 heteroatoms. The number of furan rings is 1. The van der Waals surface area contributed by atoms with E-state index in [1.165, 1.54) is 6.07 Å². The van der Waals surface area contributed by atoms with Gasteiger partial charge in [0.15, 0.2) is 5.65 Å².